The highest BCUT2D eigenvalue weighted by molar-refractivity contribution is 7.87. The SMILES string of the molecule is Cc1ccc(C(=O)N=S(c2ccccc2)c2ccccc2)cc1. The van der Waals surface area contributed by atoms with Crippen LogP contribution < -0.4 is 0 Å². The molecule has 0 aromatic heterocycles. The summed E-state index contributed by atoms with van der Waals surface area (Å²) >= 11 is 0. The fraction of sp³-hybridized carbons (Fsp3) is 0.0500. The first kappa shape index (κ1) is 15.4. The summed E-state index contributed by atoms with van der Waals surface area (Å²) in [6.07, 6.45) is 0. The maximum absolute atomic E-state index is 12.6. The molecule has 0 saturated heterocycles. The van der Waals surface area contributed by atoms with Gasteiger partial charge in [-0.2, -0.15) is 4.36 Å². The number of aryl methyl sites for hydroxylation is 1. The number of rotatable bonds is 3. The normalized spacial score (nSPS) is 10.5. The van der Waals surface area contributed by atoms with Gasteiger partial charge in [-0.3, -0.25) is 4.79 Å². The van der Waals surface area contributed by atoms with Crippen LogP contribution in [0.15, 0.2) is 99.1 Å². The van der Waals surface area contributed by atoms with Crippen molar-refractivity contribution in [3.63, 3.8) is 0 Å². The molecule has 0 spiro atoms. The predicted molar refractivity (Wildman–Crippen MR) is 94.7 cm³/mol. The highest BCUT2D eigenvalue weighted by Gasteiger charge is 2.09. The van der Waals surface area contributed by atoms with E-state index in [0.717, 1.165) is 15.4 Å². The van der Waals surface area contributed by atoms with E-state index in [-0.39, 0.29) is 5.91 Å². The van der Waals surface area contributed by atoms with Gasteiger partial charge in [0.2, 0.25) is 0 Å². The minimum absolute atomic E-state index is 0.180. The summed E-state index contributed by atoms with van der Waals surface area (Å²) in [7, 11) is -0.612. The summed E-state index contributed by atoms with van der Waals surface area (Å²) < 4.78 is 4.51. The summed E-state index contributed by atoms with van der Waals surface area (Å²) in [4.78, 5) is 14.6. The van der Waals surface area contributed by atoms with Crippen molar-refractivity contribution in [1.29, 1.82) is 0 Å². The lowest BCUT2D eigenvalue weighted by molar-refractivity contribution is 0.101. The number of amides is 1. The van der Waals surface area contributed by atoms with Crippen LogP contribution in [0.2, 0.25) is 0 Å². The third-order valence-corrected chi connectivity index (χ3v) is 5.19. The quantitative estimate of drug-likeness (QED) is 0.664. The highest BCUT2D eigenvalue weighted by Crippen LogP contribution is 2.19. The fourth-order valence-corrected chi connectivity index (χ4v) is 3.76. The lowest BCUT2D eigenvalue weighted by Crippen LogP contribution is -2.00. The maximum Gasteiger partial charge on any atom is 0.283 e. The molecule has 2 nitrogen and oxygen atoms in total. The van der Waals surface area contributed by atoms with E-state index in [2.05, 4.69) is 4.36 Å². The van der Waals surface area contributed by atoms with Crippen LogP contribution in [0.1, 0.15) is 15.9 Å². The first-order valence-corrected chi connectivity index (χ1v) is 8.59. The minimum atomic E-state index is -0.612. The van der Waals surface area contributed by atoms with Gasteiger partial charge in [0.1, 0.15) is 0 Å². The first-order valence-electron chi connectivity index (χ1n) is 7.41. The van der Waals surface area contributed by atoms with Crippen LogP contribution in [0, 0.1) is 6.92 Å². The molecular formula is C20H17NOS. The molecule has 0 heterocycles. The molecule has 3 aromatic carbocycles. The van der Waals surface area contributed by atoms with Crippen molar-refractivity contribution in [3.8, 4) is 0 Å². The monoisotopic (exact) mass is 319 g/mol. The Kier molecular flexibility index (Phi) is 4.79. The lowest BCUT2D eigenvalue weighted by Gasteiger charge is -2.08. The second kappa shape index (κ2) is 7.16. The van der Waals surface area contributed by atoms with Crippen molar-refractivity contribution in [2.45, 2.75) is 16.7 Å². The molecule has 114 valence electrons. The van der Waals surface area contributed by atoms with Crippen LogP contribution in [-0.2, 0) is 10.7 Å². The molecule has 0 fully saturated rings. The lowest BCUT2D eigenvalue weighted by atomic mass is 10.1. The molecule has 0 atom stereocenters. The number of hydrogen-bond donors (Lipinski definition) is 0. The van der Waals surface area contributed by atoms with E-state index in [0.29, 0.717) is 5.56 Å². The van der Waals surface area contributed by atoms with Crippen LogP contribution in [0.4, 0.5) is 0 Å². The maximum atomic E-state index is 12.6. The van der Waals surface area contributed by atoms with Gasteiger partial charge in [-0.05, 0) is 54.0 Å². The minimum Gasteiger partial charge on any atom is -0.266 e. The molecule has 1 amide bonds. The van der Waals surface area contributed by atoms with Gasteiger partial charge in [-0.15, -0.1) is 0 Å². The Hall–Kier alpha value is -2.52. The molecular weight excluding hydrogens is 302 g/mol. The average molecular weight is 319 g/mol. The van der Waals surface area contributed by atoms with E-state index in [9.17, 15) is 4.79 Å². The molecule has 0 unspecified atom stereocenters. The number of hydrogen-bond acceptors (Lipinski definition) is 1. The molecule has 0 bridgehead atoms. The Labute approximate surface area is 138 Å². The van der Waals surface area contributed by atoms with E-state index < -0.39 is 10.7 Å². The highest BCUT2D eigenvalue weighted by atomic mass is 32.2. The number of benzene rings is 3. The van der Waals surface area contributed by atoms with E-state index in [1.807, 2.05) is 91.9 Å². The van der Waals surface area contributed by atoms with Gasteiger partial charge in [0, 0.05) is 15.4 Å². The van der Waals surface area contributed by atoms with Gasteiger partial charge in [0.15, 0.2) is 0 Å². The van der Waals surface area contributed by atoms with E-state index in [4.69, 9.17) is 0 Å². The molecule has 0 radical (unpaired) electrons. The second-order valence-electron chi connectivity index (χ2n) is 5.17. The number of nitrogens with zero attached hydrogens (tertiary/aromatic N) is 1. The van der Waals surface area contributed by atoms with Gasteiger partial charge in [-0.25, -0.2) is 0 Å². The largest absolute Gasteiger partial charge is 0.283 e. The third kappa shape index (κ3) is 3.82. The van der Waals surface area contributed by atoms with E-state index in [1.54, 1.807) is 0 Å². The van der Waals surface area contributed by atoms with Crippen molar-refractivity contribution in [3.05, 3.63) is 96.1 Å². The summed E-state index contributed by atoms with van der Waals surface area (Å²) in [6.45, 7) is 2.00. The van der Waals surface area contributed by atoms with Gasteiger partial charge in [0.25, 0.3) is 5.91 Å². The Balaban J connectivity index is 2.05. The Bertz CT molecular complexity index is 783. The van der Waals surface area contributed by atoms with Gasteiger partial charge in [0.05, 0.1) is 0 Å². The number of carbonyl (C=O) groups excluding carboxylic acids is 1. The molecule has 3 rings (SSSR count). The van der Waals surface area contributed by atoms with Crippen LogP contribution in [0.25, 0.3) is 0 Å². The topological polar surface area (TPSA) is 29.4 Å². The Morgan fingerprint density at radius 1 is 0.739 bits per heavy atom. The number of carbonyl (C=O) groups is 1. The molecule has 0 aliphatic carbocycles. The van der Waals surface area contributed by atoms with Crippen molar-refractivity contribution >= 4 is 16.6 Å². The van der Waals surface area contributed by atoms with Gasteiger partial charge >= 0.3 is 0 Å². The Morgan fingerprint density at radius 3 is 1.70 bits per heavy atom. The second-order valence-corrected chi connectivity index (χ2v) is 6.87. The predicted octanol–water partition coefficient (Wildman–Crippen LogP) is 5.06. The van der Waals surface area contributed by atoms with Crippen LogP contribution in [0.3, 0.4) is 0 Å². The molecule has 0 N–H and O–H groups in total. The molecule has 3 heteroatoms. The average Bonchev–Trinajstić information content (AvgIpc) is 2.61. The summed E-state index contributed by atoms with van der Waals surface area (Å²) in [5, 5.41) is 0. The smallest absolute Gasteiger partial charge is 0.266 e. The van der Waals surface area contributed by atoms with Crippen molar-refractivity contribution in [2.24, 2.45) is 4.36 Å². The molecule has 3 aromatic rings. The third-order valence-electron chi connectivity index (χ3n) is 3.41. The summed E-state index contributed by atoms with van der Waals surface area (Å²) in [5.74, 6) is -0.180. The molecule has 23 heavy (non-hydrogen) atoms. The molecule has 0 aliphatic heterocycles. The van der Waals surface area contributed by atoms with E-state index in [1.165, 1.54) is 0 Å². The van der Waals surface area contributed by atoms with Crippen LogP contribution in [0.5, 0.6) is 0 Å². The fourth-order valence-electron chi connectivity index (χ4n) is 2.17. The van der Waals surface area contributed by atoms with Crippen molar-refractivity contribution < 1.29 is 4.79 Å². The Morgan fingerprint density at radius 2 is 1.22 bits per heavy atom. The van der Waals surface area contributed by atoms with Crippen LogP contribution >= 0.6 is 0 Å². The zero-order chi connectivity index (χ0) is 16.1. The zero-order valence-electron chi connectivity index (χ0n) is 12.8. The molecule has 0 aliphatic rings. The summed E-state index contributed by atoms with van der Waals surface area (Å²) in [6, 6.07) is 27.4. The van der Waals surface area contributed by atoms with Gasteiger partial charge in [-0.1, -0.05) is 54.1 Å². The standard InChI is InChI=1S/C20H17NOS/c1-16-12-14-17(15-13-16)20(22)21-23(18-8-4-2-5-9-18)19-10-6-3-7-11-19/h2-15H,1H3. The van der Waals surface area contributed by atoms with Crippen molar-refractivity contribution in [1.82, 2.24) is 0 Å². The first-order chi connectivity index (χ1) is 11.2. The van der Waals surface area contributed by atoms with E-state index >= 15 is 0 Å². The van der Waals surface area contributed by atoms with Crippen LogP contribution in [-0.4, -0.2) is 5.91 Å². The molecule has 0 saturated carbocycles. The summed E-state index contributed by atoms with van der Waals surface area (Å²) in [5.41, 5.74) is 1.76. The zero-order valence-corrected chi connectivity index (χ0v) is 13.7. The van der Waals surface area contributed by atoms with Gasteiger partial charge < -0.3 is 0 Å². The van der Waals surface area contributed by atoms with Crippen molar-refractivity contribution in [2.75, 3.05) is 0 Å².